The molecule has 0 aliphatic carbocycles. The molecule has 0 saturated carbocycles. The van der Waals surface area contributed by atoms with Crippen molar-refractivity contribution >= 4 is 10.4 Å². The number of hydrogen-bond acceptors (Lipinski definition) is 4. The minimum atomic E-state index is -4.14. The smallest absolute Gasteiger partial charge is 0.243 e. The van der Waals surface area contributed by atoms with Crippen molar-refractivity contribution in [3.63, 3.8) is 0 Å². The van der Waals surface area contributed by atoms with E-state index in [-0.39, 0.29) is 12.0 Å². The van der Waals surface area contributed by atoms with Crippen molar-refractivity contribution in [2.75, 3.05) is 0 Å². The van der Waals surface area contributed by atoms with Crippen LogP contribution >= 0.6 is 0 Å². The van der Waals surface area contributed by atoms with Gasteiger partial charge in [-0.15, -0.1) is 0 Å². The van der Waals surface area contributed by atoms with Crippen LogP contribution in [0.25, 0.3) is 0 Å². The van der Waals surface area contributed by atoms with Crippen LogP contribution in [0.3, 0.4) is 0 Å². The summed E-state index contributed by atoms with van der Waals surface area (Å²) in [4.78, 5) is 0. The molecule has 0 N–H and O–H groups in total. The SMILES string of the molecule is CCCCCCCCCCC(CC)(C(C)C)C(CC)(CC)OS(=O)(=O)OCc1ccccc1. The summed E-state index contributed by atoms with van der Waals surface area (Å²) >= 11 is 0. The molecular weight excluding hydrogens is 432 g/mol. The molecule has 0 heterocycles. The molecule has 0 aliphatic rings. The zero-order valence-corrected chi connectivity index (χ0v) is 23.0. The highest BCUT2D eigenvalue weighted by Crippen LogP contribution is 2.52. The third kappa shape index (κ3) is 8.99. The van der Waals surface area contributed by atoms with E-state index in [2.05, 4.69) is 41.5 Å². The average Bonchev–Trinajstić information content (AvgIpc) is 2.81. The molecule has 0 bridgehead atoms. The Morgan fingerprint density at radius 3 is 1.82 bits per heavy atom. The van der Waals surface area contributed by atoms with Crippen LogP contribution in [0.1, 0.15) is 124 Å². The van der Waals surface area contributed by atoms with Gasteiger partial charge in [-0.1, -0.05) is 123 Å². The Morgan fingerprint density at radius 2 is 1.33 bits per heavy atom. The Hall–Kier alpha value is -0.910. The van der Waals surface area contributed by atoms with Gasteiger partial charge >= 0.3 is 10.4 Å². The van der Waals surface area contributed by atoms with Gasteiger partial charge < -0.3 is 0 Å². The Morgan fingerprint density at radius 1 is 0.788 bits per heavy atom. The van der Waals surface area contributed by atoms with Crippen LogP contribution in [-0.4, -0.2) is 14.0 Å². The lowest BCUT2D eigenvalue weighted by Gasteiger charge is -2.52. The van der Waals surface area contributed by atoms with Crippen molar-refractivity contribution < 1.29 is 16.8 Å². The Kier molecular flexibility index (Phi) is 13.8. The predicted octanol–water partition coefficient (Wildman–Crippen LogP) is 8.61. The van der Waals surface area contributed by atoms with Gasteiger partial charge in [0.2, 0.25) is 0 Å². The van der Waals surface area contributed by atoms with Gasteiger partial charge in [0.15, 0.2) is 0 Å². The predicted molar refractivity (Wildman–Crippen MR) is 139 cm³/mol. The third-order valence-electron chi connectivity index (χ3n) is 7.74. The van der Waals surface area contributed by atoms with E-state index in [1.54, 1.807) is 0 Å². The van der Waals surface area contributed by atoms with Crippen molar-refractivity contribution in [3.8, 4) is 0 Å². The number of benzene rings is 1. The second-order valence-corrected chi connectivity index (χ2v) is 11.0. The van der Waals surface area contributed by atoms with E-state index >= 15 is 0 Å². The Balaban J connectivity index is 2.91. The summed E-state index contributed by atoms with van der Waals surface area (Å²) in [6, 6.07) is 9.36. The van der Waals surface area contributed by atoms with E-state index in [1.165, 1.54) is 44.9 Å². The lowest BCUT2D eigenvalue weighted by atomic mass is 9.58. The maximum absolute atomic E-state index is 13.0. The molecule has 1 rings (SSSR count). The molecular formula is C28H50O4S. The lowest BCUT2D eigenvalue weighted by Crippen LogP contribution is -2.53. The van der Waals surface area contributed by atoms with Gasteiger partial charge in [-0.3, -0.25) is 0 Å². The van der Waals surface area contributed by atoms with Crippen LogP contribution in [-0.2, 0) is 25.4 Å². The second-order valence-electron chi connectivity index (χ2n) is 9.83. The fourth-order valence-electron chi connectivity index (χ4n) is 5.61. The van der Waals surface area contributed by atoms with Crippen molar-refractivity contribution in [3.05, 3.63) is 35.9 Å². The van der Waals surface area contributed by atoms with E-state index in [0.29, 0.717) is 18.8 Å². The largest absolute Gasteiger partial charge is 0.400 e. The van der Waals surface area contributed by atoms with E-state index in [9.17, 15) is 8.42 Å². The van der Waals surface area contributed by atoms with Gasteiger partial charge in [0, 0.05) is 5.41 Å². The molecule has 5 heteroatoms. The van der Waals surface area contributed by atoms with Crippen LogP contribution < -0.4 is 0 Å². The van der Waals surface area contributed by atoms with Crippen molar-refractivity contribution in [2.24, 2.45) is 11.3 Å². The molecule has 192 valence electrons. The average molecular weight is 483 g/mol. The number of unbranched alkanes of at least 4 members (excludes halogenated alkanes) is 7. The van der Waals surface area contributed by atoms with E-state index < -0.39 is 16.0 Å². The summed E-state index contributed by atoms with van der Waals surface area (Å²) in [7, 11) is -4.14. The fourth-order valence-corrected chi connectivity index (χ4v) is 6.73. The highest BCUT2D eigenvalue weighted by Gasteiger charge is 2.53. The molecule has 1 atom stereocenters. The maximum atomic E-state index is 13.0. The van der Waals surface area contributed by atoms with Crippen LogP contribution in [0.15, 0.2) is 30.3 Å². The molecule has 4 nitrogen and oxygen atoms in total. The molecule has 33 heavy (non-hydrogen) atoms. The zero-order chi connectivity index (χ0) is 24.8. The monoisotopic (exact) mass is 482 g/mol. The van der Waals surface area contributed by atoms with Crippen molar-refractivity contribution in [2.45, 2.75) is 131 Å². The molecule has 0 fully saturated rings. The van der Waals surface area contributed by atoms with E-state index in [1.807, 2.05) is 30.3 Å². The summed E-state index contributed by atoms with van der Waals surface area (Å²) in [5.41, 5.74) is -0.179. The van der Waals surface area contributed by atoms with E-state index in [0.717, 1.165) is 24.8 Å². The fraction of sp³-hybridized carbons (Fsp3) is 0.786. The lowest BCUT2D eigenvalue weighted by molar-refractivity contribution is -0.108. The summed E-state index contributed by atoms with van der Waals surface area (Å²) in [6.45, 7) is 13.0. The summed E-state index contributed by atoms with van der Waals surface area (Å²) < 4.78 is 37.3. The topological polar surface area (TPSA) is 52.6 Å². The van der Waals surface area contributed by atoms with Gasteiger partial charge in [0.05, 0.1) is 12.2 Å². The quantitative estimate of drug-likeness (QED) is 0.185. The summed E-state index contributed by atoms with van der Waals surface area (Å²) in [5.74, 6) is 0.302. The normalized spacial score (nSPS) is 14.5. The first-order valence-electron chi connectivity index (χ1n) is 13.4. The Labute approximate surface area is 205 Å². The number of rotatable bonds is 19. The highest BCUT2D eigenvalue weighted by atomic mass is 32.3. The Bertz CT molecular complexity index is 726. The molecule has 0 saturated heterocycles. The summed E-state index contributed by atoms with van der Waals surface area (Å²) in [5, 5.41) is 0. The first-order valence-corrected chi connectivity index (χ1v) is 14.7. The highest BCUT2D eigenvalue weighted by molar-refractivity contribution is 7.81. The van der Waals surface area contributed by atoms with Crippen LogP contribution in [0.2, 0.25) is 0 Å². The minimum absolute atomic E-state index is 0.00842. The molecule has 0 aromatic heterocycles. The van der Waals surface area contributed by atoms with Crippen LogP contribution in [0.5, 0.6) is 0 Å². The van der Waals surface area contributed by atoms with Gasteiger partial charge in [-0.25, -0.2) is 8.37 Å². The van der Waals surface area contributed by atoms with Crippen molar-refractivity contribution in [1.82, 2.24) is 0 Å². The maximum Gasteiger partial charge on any atom is 0.400 e. The molecule has 0 spiro atoms. The standard InChI is InChI=1S/C28H50O4S/c1-7-11-12-13-14-15-16-20-23-27(8-2,25(5)6)28(9-3,10-4)32-33(29,30)31-24-26-21-18-17-19-22-26/h17-19,21-22,25H,7-16,20,23-24H2,1-6H3. The van der Waals surface area contributed by atoms with Gasteiger partial charge in [0.1, 0.15) is 0 Å². The molecule has 0 radical (unpaired) electrons. The third-order valence-corrected chi connectivity index (χ3v) is 8.67. The molecule has 1 aromatic carbocycles. The molecule has 0 aliphatic heterocycles. The van der Waals surface area contributed by atoms with Gasteiger partial charge in [-0.2, -0.15) is 8.42 Å². The zero-order valence-electron chi connectivity index (χ0n) is 22.2. The van der Waals surface area contributed by atoms with E-state index in [4.69, 9.17) is 8.37 Å². The van der Waals surface area contributed by atoms with Gasteiger partial charge in [-0.05, 0) is 37.2 Å². The van der Waals surface area contributed by atoms with Crippen molar-refractivity contribution in [1.29, 1.82) is 0 Å². The molecule has 1 unspecified atom stereocenters. The molecule has 1 aromatic rings. The number of hydrogen-bond donors (Lipinski definition) is 0. The van der Waals surface area contributed by atoms with Crippen LogP contribution in [0, 0.1) is 11.3 Å². The second kappa shape index (κ2) is 15.2. The minimum Gasteiger partial charge on any atom is -0.243 e. The first-order chi connectivity index (χ1) is 15.7. The molecule has 0 amide bonds. The van der Waals surface area contributed by atoms with Crippen LogP contribution in [0.4, 0.5) is 0 Å². The first kappa shape index (κ1) is 30.1. The van der Waals surface area contributed by atoms with Gasteiger partial charge in [0.25, 0.3) is 0 Å². The summed E-state index contributed by atoms with van der Waals surface area (Å²) in [6.07, 6.45) is 13.3.